The molecule has 0 fully saturated rings. The lowest BCUT2D eigenvalue weighted by Gasteiger charge is -2.17. The molecule has 0 aromatic rings. The van der Waals surface area contributed by atoms with Crippen LogP contribution in [0.2, 0.25) is 0 Å². The maximum atomic E-state index is 9.79. The minimum atomic E-state index is 0.467. The Labute approximate surface area is 82.1 Å². The van der Waals surface area contributed by atoms with Crippen molar-refractivity contribution in [3.8, 4) is 0 Å². The minimum absolute atomic E-state index is 0.467. The van der Waals surface area contributed by atoms with Crippen LogP contribution in [0, 0.1) is 5.41 Å². The van der Waals surface area contributed by atoms with E-state index in [4.69, 9.17) is 0 Å². The lowest BCUT2D eigenvalue weighted by atomic mass is 9.89. The highest BCUT2D eigenvalue weighted by atomic mass is 16.1. The zero-order valence-electron chi connectivity index (χ0n) is 9.15. The Morgan fingerprint density at radius 1 is 1.08 bits per heavy atom. The molecule has 0 heterocycles. The van der Waals surface area contributed by atoms with Crippen LogP contribution in [0.4, 0.5) is 0 Å². The second-order valence-electron chi connectivity index (χ2n) is 4.75. The predicted molar refractivity (Wildman–Crippen MR) is 56.2 cm³/mol. The standard InChI is InChI=1S/C11H22NO/c1-11(2,3)8-6-4-5-7-9-12-10-13/h4-9H2,1-3H3,(H,12,13). The lowest BCUT2D eigenvalue weighted by Crippen LogP contribution is -2.11. The number of hydrogen-bond acceptors (Lipinski definition) is 1. The first kappa shape index (κ1) is 12.5. The molecule has 1 radical (unpaired) electrons. The van der Waals surface area contributed by atoms with Crippen LogP contribution >= 0.6 is 0 Å². The monoisotopic (exact) mass is 184 g/mol. The third kappa shape index (κ3) is 11.5. The summed E-state index contributed by atoms with van der Waals surface area (Å²) >= 11 is 0. The first-order chi connectivity index (χ1) is 6.06. The normalized spacial score (nSPS) is 11.3. The number of hydrogen-bond donors (Lipinski definition) is 1. The molecule has 0 atom stereocenters. The molecule has 1 amide bonds. The van der Waals surface area contributed by atoms with E-state index < -0.39 is 0 Å². The van der Waals surface area contributed by atoms with Gasteiger partial charge in [-0.3, -0.25) is 4.79 Å². The van der Waals surface area contributed by atoms with Crippen LogP contribution in [0.3, 0.4) is 0 Å². The molecule has 0 aliphatic rings. The van der Waals surface area contributed by atoms with Gasteiger partial charge in [-0.1, -0.05) is 40.0 Å². The van der Waals surface area contributed by atoms with Gasteiger partial charge in [0, 0.05) is 6.54 Å². The largest absolute Gasteiger partial charge is 0.348 e. The summed E-state index contributed by atoms with van der Waals surface area (Å²) < 4.78 is 0. The molecule has 1 N–H and O–H groups in total. The van der Waals surface area contributed by atoms with E-state index in [9.17, 15) is 4.79 Å². The van der Waals surface area contributed by atoms with Gasteiger partial charge in [0.2, 0.25) is 0 Å². The van der Waals surface area contributed by atoms with Crippen LogP contribution < -0.4 is 5.32 Å². The predicted octanol–water partition coefficient (Wildman–Crippen LogP) is 2.64. The van der Waals surface area contributed by atoms with Crippen molar-refractivity contribution < 1.29 is 4.79 Å². The van der Waals surface area contributed by atoms with Gasteiger partial charge in [-0.25, -0.2) is 0 Å². The van der Waals surface area contributed by atoms with Crippen molar-refractivity contribution in [2.75, 3.05) is 6.54 Å². The number of rotatable bonds is 7. The van der Waals surface area contributed by atoms with E-state index in [-0.39, 0.29) is 0 Å². The smallest absolute Gasteiger partial charge is 0.309 e. The highest BCUT2D eigenvalue weighted by Gasteiger charge is 2.08. The second-order valence-corrected chi connectivity index (χ2v) is 4.75. The Hall–Kier alpha value is -0.530. The third-order valence-electron chi connectivity index (χ3n) is 2.05. The summed E-state index contributed by atoms with van der Waals surface area (Å²) in [5.74, 6) is 0. The third-order valence-corrected chi connectivity index (χ3v) is 2.05. The van der Waals surface area contributed by atoms with Crippen molar-refractivity contribution >= 4 is 6.41 Å². The quantitative estimate of drug-likeness (QED) is 0.478. The molecule has 0 saturated heterocycles. The molecule has 0 bridgehead atoms. The first-order valence-electron chi connectivity index (χ1n) is 5.16. The molecule has 2 heteroatoms. The van der Waals surface area contributed by atoms with E-state index >= 15 is 0 Å². The van der Waals surface area contributed by atoms with Crippen LogP contribution in [0.1, 0.15) is 52.9 Å². The molecule has 13 heavy (non-hydrogen) atoms. The Morgan fingerprint density at radius 2 is 1.69 bits per heavy atom. The summed E-state index contributed by atoms with van der Waals surface area (Å²) in [6, 6.07) is 0. The molecule has 0 aliphatic heterocycles. The van der Waals surface area contributed by atoms with Crippen LogP contribution in [-0.4, -0.2) is 13.0 Å². The Bertz CT molecular complexity index is 127. The summed E-state index contributed by atoms with van der Waals surface area (Å²) in [5.41, 5.74) is 0.467. The van der Waals surface area contributed by atoms with E-state index in [0.717, 1.165) is 13.0 Å². The Balaban J connectivity index is 3.04. The van der Waals surface area contributed by atoms with Gasteiger partial charge in [0.25, 0.3) is 0 Å². The van der Waals surface area contributed by atoms with Crippen molar-refractivity contribution in [2.24, 2.45) is 5.41 Å². The maximum absolute atomic E-state index is 9.79. The van der Waals surface area contributed by atoms with Crippen molar-refractivity contribution in [1.29, 1.82) is 0 Å². The zero-order valence-corrected chi connectivity index (χ0v) is 9.15. The fourth-order valence-corrected chi connectivity index (χ4v) is 1.27. The molecule has 0 rings (SSSR count). The SMILES string of the molecule is CC(C)(C)CCCCCCN[C]=O. The van der Waals surface area contributed by atoms with E-state index in [1.807, 2.05) is 0 Å². The van der Waals surface area contributed by atoms with Gasteiger partial charge in [0.05, 0.1) is 0 Å². The zero-order chi connectivity index (χ0) is 10.2. The fourth-order valence-electron chi connectivity index (χ4n) is 1.27. The average Bonchev–Trinajstić information content (AvgIpc) is 2.01. The van der Waals surface area contributed by atoms with Crippen LogP contribution in [0.25, 0.3) is 0 Å². The van der Waals surface area contributed by atoms with Gasteiger partial charge in [-0.05, 0) is 18.3 Å². The molecule has 0 unspecified atom stereocenters. The molecular formula is C11H22NO. The van der Waals surface area contributed by atoms with Crippen molar-refractivity contribution in [2.45, 2.75) is 52.9 Å². The average molecular weight is 184 g/mol. The van der Waals surface area contributed by atoms with E-state index in [1.165, 1.54) is 25.7 Å². The molecule has 0 aliphatic carbocycles. The van der Waals surface area contributed by atoms with Crippen molar-refractivity contribution in [3.63, 3.8) is 0 Å². The van der Waals surface area contributed by atoms with Gasteiger partial charge < -0.3 is 5.32 Å². The van der Waals surface area contributed by atoms with Crippen LogP contribution in [0.15, 0.2) is 0 Å². The molecular weight excluding hydrogens is 162 g/mol. The summed E-state index contributed by atoms with van der Waals surface area (Å²) in [6.07, 6.45) is 7.85. The number of carbonyl (C=O) groups excluding carboxylic acids is 1. The molecule has 2 nitrogen and oxygen atoms in total. The van der Waals surface area contributed by atoms with Gasteiger partial charge in [-0.15, -0.1) is 0 Å². The fraction of sp³-hybridized carbons (Fsp3) is 0.909. The summed E-state index contributed by atoms with van der Waals surface area (Å²) in [7, 11) is 0. The molecule has 0 aromatic heterocycles. The number of unbranched alkanes of at least 4 members (excludes halogenated alkanes) is 3. The highest BCUT2D eigenvalue weighted by molar-refractivity contribution is 5.46. The highest BCUT2D eigenvalue weighted by Crippen LogP contribution is 2.22. The summed E-state index contributed by atoms with van der Waals surface area (Å²) in [4.78, 5) is 9.79. The maximum Gasteiger partial charge on any atom is 0.309 e. The van der Waals surface area contributed by atoms with Crippen molar-refractivity contribution in [1.82, 2.24) is 5.32 Å². The molecule has 0 saturated carbocycles. The molecule has 0 aromatic carbocycles. The summed E-state index contributed by atoms with van der Waals surface area (Å²) in [5, 5.41) is 2.55. The second kappa shape index (κ2) is 6.93. The summed E-state index contributed by atoms with van der Waals surface area (Å²) in [6.45, 7) is 7.60. The van der Waals surface area contributed by atoms with E-state index in [0.29, 0.717) is 5.41 Å². The van der Waals surface area contributed by atoms with E-state index in [2.05, 4.69) is 26.1 Å². The number of amides is 1. The van der Waals surface area contributed by atoms with E-state index in [1.54, 1.807) is 6.41 Å². The van der Waals surface area contributed by atoms with Crippen LogP contribution in [0.5, 0.6) is 0 Å². The van der Waals surface area contributed by atoms with Gasteiger partial charge in [-0.2, -0.15) is 0 Å². The van der Waals surface area contributed by atoms with Gasteiger partial charge in [0.15, 0.2) is 0 Å². The number of nitrogens with one attached hydrogen (secondary N) is 1. The van der Waals surface area contributed by atoms with Crippen molar-refractivity contribution in [3.05, 3.63) is 0 Å². The minimum Gasteiger partial charge on any atom is -0.348 e. The molecule has 77 valence electrons. The van der Waals surface area contributed by atoms with Gasteiger partial charge >= 0.3 is 6.41 Å². The molecule has 0 spiro atoms. The Morgan fingerprint density at radius 3 is 2.23 bits per heavy atom. The lowest BCUT2D eigenvalue weighted by molar-refractivity contribution is 0.357. The Kier molecular flexibility index (Phi) is 6.65. The van der Waals surface area contributed by atoms with Gasteiger partial charge in [0.1, 0.15) is 0 Å². The van der Waals surface area contributed by atoms with Crippen LogP contribution in [-0.2, 0) is 4.79 Å². The first-order valence-corrected chi connectivity index (χ1v) is 5.16. The topological polar surface area (TPSA) is 29.1 Å².